The summed E-state index contributed by atoms with van der Waals surface area (Å²) in [6, 6.07) is 22.7. The van der Waals surface area contributed by atoms with E-state index in [0.717, 1.165) is 42.5 Å². The predicted octanol–water partition coefficient (Wildman–Crippen LogP) is 5.56. The SMILES string of the molecule is Cc1cccc(CN(C(=O)[C@H]2CNCC[C@@H]2c2cc(O)cc(-c3ccccc3)c2)C2CC2)c1C. The molecule has 1 heterocycles. The number of phenolic OH excluding ortho intramolecular Hbond substituents is 1. The Morgan fingerprint density at radius 1 is 0.971 bits per heavy atom. The Kier molecular flexibility index (Phi) is 6.42. The van der Waals surface area contributed by atoms with E-state index in [1.54, 1.807) is 0 Å². The second-order valence-electron chi connectivity index (χ2n) is 9.94. The van der Waals surface area contributed by atoms with Crippen LogP contribution in [0.4, 0.5) is 0 Å². The fourth-order valence-corrected chi connectivity index (χ4v) is 5.32. The third kappa shape index (κ3) is 4.74. The van der Waals surface area contributed by atoms with Crippen molar-refractivity contribution in [2.24, 2.45) is 5.92 Å². The number of aromatic hydroxyl groups is 1. The van der Waals surface area contributed by atoms with Gasteiger partial charge in [-0.2, -0.15) is 0 Å². The Morgan fingerprint density at radius 2 is 1.76 bits per heavy atom. The smallest absolute Gasteiger partial charge is 0.228 e. The van der Waals surface area contributed by atoms with Crippen LogP contribution in [0.3, 0.4) is 0 Å². The molecule has 4 nitrogen and oxygen atoms in total. The molecule has 5 rings (SSSR count). The van der Waals surface area contributed by atoms with Crippen molar-refractivity contribution in [2.75, 3.05) is 13.1 Å². The summed E-state index contributed by atoms with van der Waals surface area (Å²) < 4.78 is 0. The van der Waals surface area contributed by atoms with E-state index in [-0.39, 0.29) is 23.5 Å². The average Bonchev–Trinajstić information content (AvgIpc) is 3.70. The maximum atomic E-state index is 14.0. The molecule has 0 bridgehead atoms. The van der Waals surface area contributed by atoms with Gasteiger partial charge in [0.15, 0.2) is 0 Å². The van der Waals surface area contributed by atoms with Gasteiger partial charge in [0.25, 0.3) is 0 Å². The normalized spacial score (nSPS) is 20.2. The van der Waals surface area contributed by atoms with E-state index in [4.69, 9.17) is 0 Å². The van der Waals surface area contributed by atoms with Crippen LogP contribution >= 0.6 is 0 Å². The largest absolute Gasteiger partial charge is 0.508 e. The number of benzene rings is 3. The lowest BCUT2D eigenvalue weighted by Crippen LogP contribution is -2.47. The first-order valence-electron chi connectivity index (χ1n) is 12.5. The topological polar surface area (TPSA) is 52.6 Å². The first-order chi connectivity index (χ1) is 16.5. The Hall–Kier alpha value is -3.11. The molecule has 3 aromatic rings. The van der Waals surface area contributed by atoms with Crippen LogP contribution in [0, 0.1) is 19.8 Å². The number of hydrogen-bond donors (Lipinski definition) is 2. The molecule has 0 unspecified atom stereocenters. The van der Waals surface area contributed by atoms with E-state index < -0.39 is 0 Å². The molecule has 1 aliphatic carbocycles. The maximum absolute atomic E-state index is 14.0. The van der Waals surface area contributed by atoms with Gasteiger partial charge in [-0.15, -0.1) is 0 Å². The van der Waals surface area contributed by atoms with Crippen LogP contribution in [0.15, 0.2) is 66.7 Å². The minimum absolute atomic E-state index is 0.0863. The van der Waals surface area contributed by atoms with Gasteiger partial charge in [-0.25, -0.2) is 0 Å². The highest BCUT2D eigenvalue weighted by molar-refractivity contribution is 5.81. The van der Waals surface area contributed by atoms with Gasteiger partial charge in [0.2, 0.25) is 5.91 Å². The molecular formula is C30H34N2O2. The van der Waals surface area contributed by atoms with E-state index in [2.05, 4.69) is 60.5 Å². The number of nitrogens with one attached hydrogen (secondary N) is 1. The highest BCUT2D eigenvalue weighted by atomic mass is 16.3. The highest BCUT2D eigenvalue weighted by Gasteiger charge is 2.40. The molecule has 0 spiro atoms. The van der Waals surface area contributed by atoms with E-state index in [9.17, 15) is 9.90 Å². The van der Waals surface area contributed by atoms with Crippen molar-refractivity contribution in [1.29, 1.82) is 0 Å². The van der Waals surface area contributed by atoms with E-state index in [0.29, 0.717) is 19.1 Å². The van der Waals surface area contributed by atoms with Gasteiger partial charge in [-0.3, -0.25) is 4.79 Å². The fraction of sp³-hybridized carbons (Fsp3) is 0.367. The van der Waals surface area contributed by atoms with Crippen LogP contribution in [-0.4, -0.2) is 35.0 Å². The van der Waals surface area contributed by atoms with Gasteiger partial charge in [-0.1, -0.05) is 54.6 Å². The fourth-order valence-electron chi connectivity index (χ4n) is 5.32. The molecule has 176 valence electrons. The van der Waals surface area contributed by atoms with Crippen molar-refractivity contribution in [1.82, 2.24) is 10.2 Å². The van der Waals surface area contributed by atoms with Gasteiger partial charge in [0, 0.05) is 19.1 Å². The molecule has 34 heavy (non-hydrogen) atoms. The number of hydrogen-bond acceptors (Lipinski definition) is 3. The zero-order valence-electron chi connectivity index (χ0n) is 20.1. The summed E-state index contributed by atoms with van der Waals surface area (Å²) in [4.78, 5) is 16.2. The van der Waals surface area contributed by atoms with Crippen molar-refractivity contribution < 1.29 is 9.90 Å². The molecule has 2 aliphatic rings. The van der Waals surface area contributed by atoms with Gasteiger partial charge in [0.05, 0.1) is 5.92 Å². The van der Waals surface area contributed by atoms with E-state index in [1.165, 1.54) is 16.7 Å². The third-order valence-electron chi connectivity index (χ3n) is 7.60. The number of carbonyl (C=O) groups excluding carboxylic acids is 1. The van der Waals surface area contributed by atoms with Gasteiger partial charge < -0.3 is 15.3 Å². The number of rotatable bonds is 6. The Balaban J connectivity index is 1.45. The molecule has 1 aliphatic heterocycles. The second-order valence-corrected chi connectivity index (χ2v) is 9.94. The lowest BCUT2D eigenvalue weighted by molar-refractivity contribution is -0.138. The third-order valence-corrected chi connectivity index (χ3v) is 7.60. The van der Waals surface area contributed by atoms with Crippen molar-refractivity contribution >= 4 is 5.91 Å². The molecule has 3 aromatic carbocycles. The standard InChI is InChI=1S/C30H34N2O2/c1-20-7-6-10-23(21(20)2)19-32(26-11-12-26)30(34)29-18-31-14-13-28(29)25-15-24(16-27(33)17-25)22-8-4-3-5-9-22/h3-10,15-17,26,28-29,31,33H,11-14,18-19H2,1-2H3/t28-,29+/m1/s1. The minimum atomic E-state index is -0.134. The summed E-state index contributed by atoms with van der Waals surface area (Å²) >= 11 is 0. The molecule has 2 atom stereocenters. The number of amides is 1. The molecular weight excluding hydrogens is 420 g/mol. The minimum Gasteiger partial charge on any atom is -0.508 e. The maximum Gasteiger partial charge on any atom is 0.228 e. The quantitative estimate of drug-likeness (QED) is 0.513. The molecule has 2 fully saturated rings. The van der Waals surface area contributed by atoms with Crippen LogP contribution in [0.2, 0.25) is 0 Å². The number of phenols is 1. The number of carbonyl (C=O) groups is 1. The van der Waals surface area contributed by atoms with Gasteiger partial charge in [0.1, 0.15) is 5.75 Å². The Bertz CT molecular complexity index is 1170. The summed E-state index contributed by atoms with van der Waals surface area (Å²) in [5, 5.41) is 14.0. The first kappa shape index (κ1) is 22.7. The zero-order valence-corrected chi connectivity index (χ0v) is 20.1. The summed E-state index contributed by atoms with van der Waals surface area (Å²) in [7, 11) is 0. The van der Waals surface area contributed by atoms with Crippen LogP contribution < -0.4 is 5.32 Å². The van der Waals surface area contributed by atoms with Crippen molar-refractivity contribution in [2.45, 2.75) is 51.6 Å². The second kappa shape index (κ2) is 9.63. The van der Waals surface area contributed by atoms with Crippen LogP contribution in [0.25, 0.3) is 11.1 Å². The van der Waals surface area contributed by atoms with Crippen molar-refractivity contribution in [3.63, 3.8) is 0 Å². The van der Waals surface area contributed by atoms with Gasteiger partial charge in [-0.05, 0) is 91.1 Å². The van der Waals surface area contributed by atoms with Crippen LogP contribution in [-0.2, 0) is 11.3 Å². The van der Waals surface area contributed by atoms with E-state index in [1.807, 2.05) is 30.3 Å². The number of aryl methyl sites for hydroxylation is 1. The monoisotopic (exact) mass is 454 g/mol. The van der Waals surface area contributed by atoms with Crippen molar-refractivity contribution in [3.8, 4) is 16.9 Å². The summed E-state index contributed by atoms with van der Waals surface area (Å²) in [6.45, 7) is 6.52. The summed E-state index contributed by atoms with van der Waals surface area (Å²) in [5.74, 6) is 0.453. The predicted molar refractivity (Wildman–Crippen MR) is 137 cm³/mol. The zero-order chi connectivity index (χ0) is 23.7. The van der Waals surface area contributed by atoms with Gasteiger partial charge >= 0.3 is 0 Å². The lowest BCUT2D eigenvalue weighted by Gasteiger charge is -2.36. The lowest BCUT2D eigenvalue weighted by atomic mass is 9.79. The molecule has 4 heteroatoms. The molecule has 2 N–H and O–H groups in total. The number of piperidine rings is 1. The first-order valence-corrected chi connectivity index (χ1v) is 12.5. The van der Waals surface area contributed by atoms with E-state index >= 15 is 0 Å². The Morgan fingerprint density at radius 3 is 2.53 bits per heavy atom. The number of nitrogens with zero attached hydrogens (tertiary/aromatic N) is 1. The van der Waals surface area contributed by atoms with Crippen LogP contribution in [0.5, 0.6) is 5.75 Å². The molecule has 1 saturated carbocycles. The average molecular weight is 455 g/mol. The molecule has 0 aromatic heterocycles. The molecule has 1 saturated heterocycles. The summed E-state index contributed by atoms with van der Waals surface area (Å²) in [5.41, 5.74) is 6.91. The highest BCUT2D eigenvalue weighted by Crippen LogP contribution is 2.39. The van der Waals surface area contributed by atoms with Crippen molar-refractivity contribution in [3.05, 3.63) is 89.0 Å². The molecule has 0 radical (unpaired) electrons. The Labute approximate surface area is 202 Å². The summed E-state index contributed by atoms with van der Waals surface area (Å²) in [6.07, 6.45) is 3.06. The molecule has 1 amide bonds. The van der Waals surface area contributed by atoms with Crippen LogP contribution in [0.1, 0.15) is 47.4 Å².